The van der Waals surface area contributed by atoms with Crippen molar-refractivity contribution >= 4 is 33.5 Å². The van der Waals surface area contributed by atoms with Gasteiger partial charge in [-0.05, 0) is 12.1 Å². The Balaban J connectivity index is 1.50. The third-order valence-electron chi connectivity index (χ3n) is 5.20. The summed E-state index contributed by atoms with van der Waals surface area (Å²) >= 11 is 0. The molecule has 1 N–H and O–H groups in total. The summed E-state index contributed by atoms with van der Waals surface area (Å²) in [6.07, 6.45) is 2.78. The lowest BCUT2D eigenvalue weighted by Gasteiger charge is -2.34. The molecule has 1 aromatic rings. The number of hydrogen-bond donors (Lipinski definition) is 1. The molecule has 2 aliphatic rings. The Hall–Kier alpha value is -2.44. The zero-order valence-electron chi connectivity index (χ0n) is 17.3. The molecular formula is C18H28N6O5S. The average molecular weight is 441 g/mol. The van der Waals surface area contributed by atoms with Crippen molar-refractivity contribution in [2.24, 2.45) is 0 Å². The van der Waals surface area contributed by atoms with Gasteiger partial charge in [-0.15, -0.1) is 0 Å². The van der Waals surface area contributed by atoms with Gasteiger partial charge in [0.25, 0.3) is 0 Å². The first-order chi connectivity index (χ1) is 14.3. The van der Waals surface area contributed by atoms with Gasteiger partial charge in [0.1, 0.15) is 12.4 Å². The summed E-state index contributed by atoms with van der Waals surface area (Å²) in [6, 6.07) is 3.20. The number of ether oxygens (including phenoxy) is 1. The van der Waals surface area contributed by atoms with Crippen LogP contribution < -0.4 is 10.2 Å². The van der Waals surface area contributed by atoms with Crippen molar-refractivity contribution in [1.29, 1.82) is 0 Å². The number of nitrogens with zero attached hydrogens (tertiary/aromatic N) is 5. The highest BCUT2D eigenvalue weighted by molar-refractivity contribution is 7.88. The molecule has 3 heterocycles. The molecule has 0 aromatic carbocycles. The van der Waals surface area contributed by atoms with Gasteiger partial charge in [0.2, 0.25) is 15.9 Å². The lowest BCUT2D eigenvalue weighted by atomic mass is 10.3. The molecule has 0 atom stereocenters. The highest BCUT2D eigenvalue weighted by Gasteiger charge is 2.27. The smallest absolute Gasteiger partial charge is 0.322 e. The molecule has 0 spiro atoms. The Bertz CT molecular complexity index is 854. The number of pyridine rings is 1. The highest BCUT2D eigenvalue weighted by Crippen LogP contribution is 2.17. The second kappa shape index (κ2) is 9.58. The van der Waals surface area contributed by atoms with E-state index in [0.29, 0.717) is 58.1 Å². The quantitative estimate of drug-likeness (QED) is 0.633. The van der Waals surface area contributed by atoms with E-state index in [0.717, 1.165) is 5.82 Å². The maximum atomic E-state index is 12.5. The molecule has 0 bridgehead atoms. The first-order valence-electron chi connectivity index (χ1n) is 9.76. The van der Waals surface area contributed by atoms with Crippen molar-refractivity contribution < 1.29 is 22.7 Å². The zero-order valence-corrected chi connectivity index (χ0v) is 18.1. The van der Waals surface area contributed by atoms with E-state index in [1.165, 1.54) is 15.5 Å². The van der Waals surface area contributed by atoms with Gasteiger partial charge in [-0.2, -0.15) is 4.31 Å². The van der Waals surface area contributed by atoms with Gasteiger partial charge < -0.3 is 24.8 Å². The molecule has 30 heavy (non-hydrogen) atoms. The number of amides is 3. The summed E-state index contributed by atoms with van der Waals surface area (Å²) in [6.45, 7) is 3.92. The molecule has 0 radical (unpaired) electrons. The van der Waals surface area contributed by atoms with Gasteiger partial charge in [-0.25, -0.2) is 18.2 Å². The van der Waals surface area contributed by atoms with Gasteiger partial charge in [-0.1, -0.05) is 0 Å². The zero-order chi connectivity index (χ0) is 21.7. The van der Waals surface area contributed by atoms with E-state index in [1.54, 1.807) is 30.3 Å². The summed E-state index contributed by atoms with van der Waals surface area (Å²) in [5.74, 6) is 0.623. The van der Waals surface area contributed by atoms with E-state index in [4.69, 9.17) is 4.74 Å². The maximum absolute atomic E-state index is 12.5. The van der Waals surface area contributed by atoms with Crippen molar-refractivity contribution in [3.8, 4) is 0 Å². The second-order valence-corrected chi connectivity index (χ2v) is 9.26. The van der Waals surface area contributed by atoms with Crippen molar-refractivity contribution in [1.82, 2.24) is 19.1 Å². The molecule has 0 aliphatic carbocycles. The molecule has 11 nitrogen and oxygen atoms in total. The topological polar surface area (TPSA) is 115 Å². The summed E-state index contributed by atoms with van der Waals surface area (Å²) in [4.78, 5) is 34.2. The minimum Gasteiger partial charge on any atom is -0.383 e. The molecule has 3 amide bonds. The Morgan fingerprint density at radius 2 is 1.90 bits per heavy atom. The highest BCUT2D eigenvalue weighted by atomic mass is 32.2. The average Bonchev–Trinajstić information content (AvgIpc) is 2.73. The van der Waals surface area contributed by atoms with Crippen LogP contribution in [0, 0.1) is 0 Å². The Kier molecular flexibility index (Phi) is 7.10. The van der Waals surface area contributed by atoms with Crippen LogP contribution in [0.5, 0.6) is 0 Å². The van der Waals surface area contributed by atoms with E-state index >= 15 is 0 Å². The third kappa shape index (κ3) is 5.58. The molecule has 0 saturated carbocycles. The standard InChI is InChI=1S/C18H28N6O5S/c1-29-12-11-22-5-6-23(14-17(22)25)18(26)20-15-3-4-16(19-13-15)21-7-9-24(10-8-21)30(2,27)28/h3-4,13H,5-12,14H2,1-2H3,(H,20,26). The number of hydrogen-bond acceptors (Lipinski definition) is 7. The van der Waals surface area contributed by atoms with Crippen LogP contribution >= 0.6 is 0 Å². The molecule has 2 aliphatic heterocycles. The fraction of sp³-hybridized carbons (Fsp3) is 0.611. The predicted molar refractivity (Wildman–Crippen MR) is 112 cm³/mol. The van der Waals surface area contributed by atoms with E-state index < -0.39 is 10.0 Å². The van der Waals surface area contributed by atoms with Crippen LogP contribution in [0.2, 0.25) is 0 Å². The van der Waals surface area contributed by atoms with E-state index in [-0.39, 0.29) is 18.5 Å². The lowest BCUT2D eigenvalue weighted by molar-refractivity contribution is -0.135. The van der Waals surface area contributed by atoms with Crippen molar-refractivity contribution in [3.05, 3.63) is 18.3 Å². The van der Waals surface area contributed by atoms with Crippen LogP contribution in [0.3, 0.4) is 0 Å². The number of piperazine rings is 2. The van der Waals surface area contributed by atoms with Crippen LogP contribution in [0.25, 0.3) is 0 Å². The van der Waals surface area contributed by atoms with Gasteiger partial charge in [0.05, 0.1) is 24.7 Å². The molecule has 0 unspecified atom stereocenters. The van der Waals surface area contributed by atoms with Crippen LogP contribution in [-0.4, -0.2) is 112 Å². The molecule has 12 heteroatoms. The monoisotopic (exact) mass is 440 g/mol. The fourth-order valence-corrected chi connectivity index (χ4v) is 4.24. The largest absolute Gasteiger partial charge is 0.383 e. The van der Waals surface area contributed by atoms with Gasteiger partial charge >= 0.3 is 6.03 Å². The minimum absolute atomic E-state index is 0.0334. The number of rotatable bonds is 6. The number of sulfonamides is 1. The van der Waals surface area contributed by atoms with Gasteiger partial charge in [0.15, 0.2) is 0 Å². The molecular weight excluding hydrogens is 412 g/mol. The van der Waals surface area contributed by atoms with Gasteiger partial charge in [0, 0.05) is 52.9 Å². The number of carbonyl (C=O) groups is 2. The normalized spacial score (nSPS) is 18.6. The minimum atomic E-state index is -3.17. The van der Waals surface area contributed by atoms with Crippen molar-refractivity contribution in [2.75, 3.05) is 82.5 Å². The third-order valence-corrected chi connectivity index (χ3v) is 6.51. The number of nitrogens with one attached hydrogen (secondary N) is 1. The van der Waals surface area contributed by atoms with Gasteiger partial charge in [-0.3, -0.25) is 4.79 Å². The first-order valence-corrected chi connectivity index (χ1v) is 11.6. The number of methoxy groups -OCH3 is 1. The summed E-state index contributed by atoms with van der Waals surface area (Å²) in [5, 5.41) is 2.77. The van der Waals surface area contributed by atoms with E-state index in [9.17, 15) is 18.0 Å². The Labute approximate surface area is 176 Å². The van der Waals surface area contributed by atoms with E-state index in [2.05, 4.69) is 10.3 Å². The van der Waals surface area contributed by atoms with Crippen LogP contribution in [0.15, 0.2) is 18.3 Å². The molecule has 1 aromatic heterocycles. The first kappa shape index (κ1) is 22.2. The number of aromatic nitrogens is 1. The fourth-order valence-electron chi connectivity index (χ4n) is 3.42. The SMILES string of the molecule is COCCN1CCN(C(=O)Nc2ccc(N3CCN(S(C)(=O)=O)CC3)nc2)CC1=O. The number of carbonyl (C=O) groups excluding carboxylic acids is 2. The number of urea groups is 1. The van der Waals surface area contributed by atoms with Crippen molar-refractivity contribution in [2.45, 2.75) is 0 Å². The van der Waals surface area contributed by atoms with E-state index in [1.807, 2.05) is 4.90 Å². The maximum Gasteiger partial charge on any atom is 0.322 e. The van der Waals surface area contributed by atoms with Crippen LogP contribution in [0.4, 0.5) is 16.3 Å². The molecule has 3 rings (SSSR count). The lowest BCUT2D eigenvalue weighted by Crippen LogP contribution is -2.53. The second-order valence-electron chi connectivity index (χ2n) is 7.28. The summed E-state index contributed by atoms with van der Waals surface area (Å²) in [5.41, 5.74) is 0.535. The number of anilines is 2. The molecule has 2 saturated heterocycles. The Morgan fingerprint density at radius 1 is 1.17 bits per heavy atom. The van der Waals surface area contributed by atoms with Crippen molar-refractivity contribution in [3.63, 3.8) is 0 Å². The Morgan fingerprint density at radius 3 is 2.47 bits per heavy atom. The molecule has 166 valence electrons. The summed E-state index contributed by atoms with van der Waals surface area (Å²) in [7, 11) is -1.59. The van der Waals surface area contributed by atoms with Crippen LogP contribution in [0.1, 0.15) is 0 Å². The van der Waals surface area contributed by atoms with Crippen LogP contribution in [-0.2, 0) is 19.6 Å². The molecule has 2 fully saturated rings. The summed E-state index contributed by atoms with van der Waals surface area (Å²) < 4.78 is 29.7. The predicted octanol–water partition coefficient (Wildman–Crippen LogP) is -0.514.